The summed E-state index contributed by atoms with van der Waals surface area (Å²) < 4.78 is 0.967. The van der Waals surface area contributed by atoms with Gasteiger partial charge in [-0.25, -0.2) is 9.78 Å². The number of aliphatic carboxylic acids is 1. The third-order valence-electron chi connectivity index (χ3n) is 5.64. The molecule has 0 aliphatic carbocycles. The van der Waals surface area contributed by atoms with Gasteiger partial charge in [0.1, 0.15) is 22.8 Å². The zero-order valence-electron chi connectivity index (χ0n) is 18.6. The Labute approximate surface area is 224 Å². The minimum absolute atomic E-state index is 0.00920. The Balaban J connectivity index is 1.43. The number of carboxylic acids is 1. The van der Waals surface area contributed by atoms with Gasteiger partial charge >= 0.3 is 5.97 Å². The Bertz CT molecular complexity index is 1580. The number of thiol groups is 1. The molecule has 0 bridgehead atoms. The highest BCUT2D eigenvalue weighted by Crippen LogP contribution is 2.45. The molecular weight excluding hydrogens is 562 g/mol. The third kappa shape index (κ3) is 4.07. The molecule has 7 N–H and O–H groups in total. The summed E-state index contributed by atoms with van der Waals surface area (Å²) in [6.45, 7) is 0. The monoisotopic (exact) mass is 577 g/mol. The quantitative estimate of drug-likeness (QED) is 0.0599. The molecule has 0 radical (unpaired) electrons. The standard InChI is InChI=1S/C18H15N11O6S3/c19-12(30)4-1-6(24-29-13(4)23-26-27-29)11(36)5-2-37-16-9(15(32)28(16)10(5)17(33)34)22-14(31)8(25-35)7-3-38-18(20)21-7/h1,3,9,11,16,35-36H,2H2,(H2,19,30)(H2,20,21)(H,22,31)(H,33,34)/b25-8+. The molecule has 5 heterocycles. The SMILES string of the molecule is NC(=O)c1cc(C(S)C2=C(C(=O)O)N3C(=O)C(NC(=O)/C(=N/O)c4csc(N)n4)C3SC2)nn2nnnc12. The van der Waals surface area contributed by atoms with Crippen molar-refractivity contribution in [2.24, 2.45) is 10.9 Å². The fraction of sp³-hybridized carbons (Fsp3) is 0.222. The van der Waals surface area contributed by atoms with E-state index in [9.17, 15) is 29.5 Å². The number of hydrogen-bond acceptors (Lipinski definition) is 15. The normalized spacial score (nSPS) is 20.2. The summed E-state index contributed by atoms with van der Waals surface area (Å²) in [6.07, 6.45) is 0. The topological polar surface area (TPSA) is 257 Å². The number of carbonyl (C=O) groups excluding carboxylic acids is 3. The van der Waals surface area contributed by atoms with Gasteiger partial charge < -0.3 is 27.1 Å². The van der Waals surface area contributed by atoms with E-state index in [0.717, 1.165) is 20.9 Å². The first-order valence-electron chi connectivity index (χ1n) is 10.3. The first-order valence-corrected chi connectivity index (χ1v) is 12.8. The molecule has 5 rings (SSSR count). The second-order valence-electron chi connectivity index (χ2n) is 7.80. The number of β-lactam (4-membered cyclic amide) rings is 1. The summed E-state index contributed by atoms with van der Waals surface area (Å²) in [5.74, 6) is -3.75. The van der Waals surface area contributed by atoms with Crippen molar-refractivity contribution in [3.8, 4) is 0 Å². The molecule has 17 nitrogen and oxygen atoms in total. The smallest absolute Gasteiger partial charge is 0.352 e. The highest BCUT2D eigenvalue weighted by atomic mass is 32.2. The van der Waals surface area contributed by atoms with E-state index in [0.29, 0.717) is 0 Å². The van der Waals surface area contributed by atoms with Gasteiger partial charge in [0.2, 0.25) is 5.65 Å². The average Bonchev–Trinajstić information content (AvgIpc) is 3.54. The zero-order chi connectivity index (χ0) is 27.3. The summed E-state index contributed by atoms with van der Waals surface area (Å²) in [4.78, 5) is 54.8. The molecule has 1 fully saturated rings. The number of thiazole rings is 1. The van der Waals surface area contributed by atoms with E-state index in [4.69, 9.17) is 11.5 Å². The molecule has 3 aromatic heterocycles. The third-order valence-corrected chi connectivity index (χ3v) is 8.19. The van der Waals surface area contributed by atoms with Crippen LogP contribution in [-0.2, 0) is 14.4 Å². The van der Waals surface area contributed by atoms with Crippen LogP contribution in [0, 0.1) is 0 Å². The van der Waals surface area contributed by atoms with Crippen LogP contribution in [-0.4, -0.2) is 92.0 Å². The van der Waals surface area contributed by atoms with Crippen LogP contribution in [0.5, 0.6) is 0 Å². The number of oxime groups is 1. The first kappa shape index (κ1) is 25.4. The Kier molecular flexibility index (Phi) is 6.36. The second-order valence-corrected chi connectivity index (χ2v) is 10.3. The number of thioether (sulfide) groups is 1. The van der Waals surface area contributed by atoms with Gasteiger partial charge in [-0.05, 0) is 22.1 Å². The van der Waals surface area contributed by atoms with Crippen LogP contribution in [0.25, 0.3) is 5.65 Å². The van der Waals surface area contributed by atoms with E-state index in [1.165, 1.54) is 23.2 Å². The number of fused-ring (bicyclic) bond motifs is 2. The number of hydrogen-bond donors (Lipinski definition) is 6. The number of anilines is 1. The predicted molar refractivity (Wildman–Crippen MR) is 133 cm³/mol. The zero-order valence-corrected chi connectivity index (χ0v) is 21.1. The number of nitrogens with two attached hydrogens (primary N) is 2. The van der Waals surface area contributed by atoms with E-state index in [2.05, 4.69) is 48.7 Å². The lowest BCUT2D eigenvalue weighted by Gasteiger charge is -2.49. The number of amides is 3. The minimum Gasteiger partial charge on any atom is -0.477 e. The lowest BCUT2D eigenvalue weighted by atomic mass is 9.99. The van der Waals surface area contributed by atoms with Crippen molar-refractivity contribution in [1.82, 2.24) is 40.5 Å². The van der Waals surface area contributed by atoms with Crippen molar-refractivity contribution in [3.63, 3.8) is 0 Å². The number of nitrogens with zero attached hydrogens (tertiary/aromatic N) is 8. The van der Waals surface area contributed by atoms with E-state index >= 15 is 0 Å². The number of nitrogens with one attached hydrogen (secondary N) is 1. The average molecular weight is 578 g/mol. The molecule has 196 valence electrons. The first-order chi connectivity index (χ1) is 18.1. The van der Waals surface area contributed by atoms with Crippen LogP contribution in [0.1, 0.15) is 27.0 Å². The van der Waals surface area contributed by atoms with Gasteiger partial charge in [0, 0.05) is 11.1 Å². The van der Waals surface area contributed by atoms with Crippen LogP contribution < -0.4 is 16.8 Å². The number of rotatable bonds is 7. The van der Waals surface area contributed by atoms with Gasteiger partial charge in [-0.1, -0.05) is 5.16 Å². The summed E-state index contributed by atoms with van der Waals surface area (Å²) in [7, 11) is 0. The van der Waals surface area contributed by atoms with E-state index in [1.807, 2.05) is 0 Å². The van der Waals surface area contributed by atoms with Crippen molar-refractivity contribution in [1.29, 1.82) is 0 Å². The van der Waals surface area contributed by atoms with E-state index < -0.39 is 46.1 Å². The Morgan fingerprint density at radius 1 is 1.34 bits per heavy atom. The van der Waals surface area contributed by atoms with E-state index in [-0.39, 0.29) is 44.8 Å². The van der Waals surface area contributed by atoms with Gasteiger partial charge in [-0.15, -0.1) is 32.8 Å². The second kappa shape index (κ2) is 9.54. The van der Waals surface area contributed by atoms with Crippen molar-refractivity contribution >= 4 is 75.9 Å². The van der Waals surface area contributed by atoms with Crippen LogP contribution in [0.3, 0.4) is 0 Å². The minimum atomic E-state index is -1.41. The maximum Gasteiger partial charge on any atom is 0.352 e. The summed E-state index contributed by atoms with van der Waals surface area (Å²) in [5.41, 5.74) is 10.5. The largest absolute Gasteiger partial charge is 0.477 e. The Hall–Kier alpha value is -4.30. The molecule has 0 spiro atoms. The molecule has 3 atom stereocenters. The number of primary amides is 1. The predicted octanol–water partition coefficient (Wildman–Crippen LogP) is -1.76. The summed E-state index contributed by atoms with van der Waals surface area (Å²) in [6, 6.07) is 0.197. The van der Waals surface area contributed by atoms with Gasteiger partial charge in [-0.2, -0.15) is 17.7 Å². The van der Waals surface area contributed by atoms with Gasteiger partial charge in [0.25, 0.3) is 17.7 Å². The van der Waals surface area contributed by atoms with Crippen molar-refractivity contribution < 1.29 is 29.5 Å². The number of aromatic nitrogens is 6. The molecule has 38 heavy (non-hydrogen) atoms. The van der Waals surface area contributed by atoms with Crippen LogP contribution in [0.2, 0.25) is 0 Å². The molecular formula is C18H15N11O6S3. The summed E-state index contributed by atoms with van der Waals surface area (Å²) in [5, 5.41) is 39.5. The van der Waals surface area contributed by atoms with Gasteiger partial charge in [0.05, 0.1) is 16.5 Å². The lowest BCUT2D eigenvalue weighted by Crippen LogP contribution is -2.71. The molecule has 3 aromatic rings. The molecule has 20 heteroatoms. The summed E-state index contributed by atoms with van der Waals surface area (Å²) >= 11 is 6.72. The van der Waals surface area contributed by atoms with E-state index in [1.54, 1.807) is 0 Å². The van der Waals surface area contributed by atoms with Crippen molar-refractivity contribution in [2.75, 3.05) is 11.5 Å². The molecule has 0 saturated carbocycles. The molecule has 2 aliphatic rings. The molecule has 3 amide bonds. The molecule has 1 saturated heterocycles. The number of nitrogen functional groups attached to an aromatic ring is 1. The number of carboxylic acid groups (broad SMARTS) is 1. The van der Waals surface area contributed by atoms with Crippen molar-refractivity contribution in [3.05, 3.63) is 39.7 Å². The van der Waals surface area contributed by atoms with Crippen LogP contribution >= 0.6 is 35.7 Å². The van der Waals surface area contributed by atoms with Gasteiger partial charge in [0.15, 0.2) is 10.8 Å². The fourth-order valence-corrected chi connectivity index (χ4v) is 6.33. The van der Waals surface area contributed by atoms with Crippen molar-refractivity contribution in [2.45, 2.75) is 16.7 Å². The van der Waals surface area contributed by atoms with Crippen LogP contribution in [0.15, 0.2) is 27.9 Å². The Morgan fingerprint density at radius 2 is 2.11 bits per heavy atom. The maximum atomic E-state index is 13.0. The fourth-order valence-electron chi connectivity index (χ4n) is 3.93. The highest BCUT2D eigenvalue weighted by Gasteiger charge is 2.55. The van der Waals surface area contributed by atoms with Crippen LogP contribution in [0.4, 0.5) is 5.13 Å². The molecule has 0 aromatic carbocycles. The lowest BCUT2D eigenvalue weighted by molar-refractivity contribution is -0.150. The molecule has 3 unspecified atom stereocenters. The maximum absolute atomic E-state index is 13.0. The Morgan fingerprint density at radius 3 is 2.74 bits per heavy atom. The number of carbonyl (C=O) groups is 4. The van der Waals surface area contributed by atoms with Gasteiger partial charge in [-0.3, -0.25) is 19.3 Å². The molecule has 2 aliphatic heterocycles. The highest BCUT2D eigenvalue weighted by molar-refractivity contribution is 8.00. The number of tetrazole rings is 1.